The predicted octanol–water partition coefficient (Wildman–Crippen LogP) is 0.581. The van der Waals surface area contributed by atoms with Gasteiger partial charge in [-0.25, -0.2) is 8.78 Å². The van der Waals surface area contributed by atoms with Crippen LogP contribution in [-0.2, 0) is 0 Å². The molecule has 0 saturated carbocycles. The van der Waals surface area contributed by atoms with Gasteiger partial charge in [-0.05, 0) is 6.92 Å². The summed E-state index contributed by atoms with van der Waals surface area (Å²) in [6, 6.07) is 0. The Morgan fingerprint density at radius 2 is 2.42 bits per heavy atom. The van der Waals surface area contributed by atoms with Gasteiger partial charge in [0.2, 0.25) is 5.92 Å². The van der Waals surface area contributed by atoms with Gasteiger partial charge in [0.15, 0.2) is 5.96 Å². The summed E-state index contributed by atoms with van der Waals surface area (Å²) in [5.74, 6) is -1.95. The van der Waals surface area contributed by atoms with E-state index in [1.165, 1.54) is 0 Å². The van der Waals surface area contributed by atoms with E-state index in [2.05, 4.69) is 15.6 Å². The van der Waals surface area contributed by atoms with Crippen molar-refractivity contribution in [2.24, 2.45) is 4.99 Å². The molecule has 0 unspecified atom stereocenters. The van der Waals surface area contributed by atoms with Crippen LogP contribution in [0.4, 0.5) is 8.78 Å². The first-order valence-electron chi connectivity index (χ1n) is 3.98. The molecule has 0 aromatic heterocycles. The first-order chi connectivity index (χ1) is 5.58. The van der Waals surface area contributed by atoms with Crippen LogP contribution in [0.3, 0.4) is 0 Å². The molecule has 0 atom stereocenters. The Morgan fingerprint density at radius 1 is 1.67 bits per heavy atom. The van der Waals surface area contributed by atoms with Gasteiger partial charge in [0.25, 0.3) is 0 Å². The summed E-state index contributed by atoms with van der Waals surface area (Å²) in [4.78, 5) is 4.00. The zero-order valence-electron chi connectivity index (χ0n) is 7.03. The highest BCUT2D eigenvalue weighted by Crippen LogP contribution is 2.14. The number of hydrogen-bond donors (Lipinski definition) is 2. The van der Waals surface area contributed by atoms with Gasteiger partial charge in [-0.2, -0.15) is 0 Å². The van der Waals surface area contributed by atoms with Gasteiger partial charge < -0.3 is 10.6 Å². The van der Waals surface area contributed by atoms with Gasteiger partial charge in [-0.3, -0.25) is 4.99 Å². The van der Waals surface area contributed by atoms with Gasteiger partial charge in [0.1, 0.15) is 0 Å². The lowest BCUT2D eigenvalue weighted by Gasteiger charge is -2.11. The molecule has 0 amide bonds. The number of rotatable bonds is 3. The van der Waals surface area contributed by atoms with E-state index < -0.39 is 5.92 Å². The minimum atomic E-state index is -2.59. The Balaban J connectivity index is 2.10. The SMILES string of the molecule is CC(F)(F)CCNC1=NCCN1. The number of nitrogens with one attached hydrogen (secondary N) is 2. The van der Waals surface area contributed by atoms with E-state index in [4.69, 9.17) is 0 Å². The molecular weight excluding hydrogens is 164 g/mol. The van der Waals surface area contributed by atoms with E-state index in [1.807, 2.05) is 0 Å². The highest BCUT2D eigenvalue weighted by atomic mass is 19.3. The maximum atomic E-state index is 12.3. The fourth-order valence-corrected chi connectivity index (χ4v) is 0.917. The molecule has 0 radical (unpaired) electrons. The normalized spacial score (nSPS) is 17.1. The first kappa shape index (κ1) is 9.22. The smallest absolute Gasteiger partial charge is 0.247 e. The monoisotopic (exact) mass is 177 g/mol. The molecule has 12 heavy (non-hydrogen) atoms. The van der Waals surface area contributed by atoms with E-state index in [-0.39, 0.29) is 13.0 Å². The van der Waals surface area contributed by atoms with Crippen LogP contribution < -0.4 is 10.6 Å². The minimum absolute atomic E-state index is 0.159. The van der Waals surface area contributed by atoms with Crippen LogP contribution in [0.2, 0.25) is 0 Å². The molecule has 0 fully saturated rings. The quantitative estimate of drug-likeness (QED) is 0.661. The van der Waals surface area contributed by atoms with Gasteiger partial charge in [0.05, 0.1) is 6.54 Å². The van der Waals surface area contributed by atoms with Crippen LogP contribution >= 0.6 is 0 Å². The number of halogens is 2. The zero-order valence-corrected chi connectivity index (χ0v) is 7.03. The van der Waals surface area contributed by atoms with Crippen molar-refractivity contribution in [1.29, 1.82) is 0 Å². The van der Waals surface area contributed by atoms with Crippen molar-refractivity contribution < 1.29 is 8.78 Å². The fourth-order valence-electron chi connectivity index (χ4n) is 0.917. The number of alkyl halides is 2. The maximum Gasteiger partial charge on any atom is 0.247 e. The third-order valence-corrected chi connectivity index (χ3v) is 1.53. The lowest BCUT2D eigenvalue weighted by Crippen LogP contribution is -2.35. The topological polar surface area (TPSA) is 36.4 Å². The second-order valence-corrected chi connectivity index (χ2v) is 2.90. The fraction of sp³-hybridized carbons (Fsp3) is 0.857. The van der Waals surface area contributed by atoms with Crippen molar-refractivity contribution in [3.63, 3.8) is 0 Å². The average Bonchev–Trinajstić information content (AvgIpc) is 2.36. The zero-order chi connectivity index (χ0) is 9.03. The maximum absolute atomic E-state index is 12.3. The summed E-state index contributed by atoms with van der Waals surface area (Å²) in [5.41, 5.74) is 0. The lowest BCUT2D eigenvalue weighted by molar-refractivity contribution is 0.0145. The average molecular weight is 177 g/mol. The second kappa shape index (κ2) is 3.69. The summed E-state index contributed by atoms with van der Waals surface area (Å²) in [6.45, 7) is 2.70. The van der Waals surface area contributed by atoms with Crippen LogP contribution in [0, 0.1) is 0 Å². The van der Waals surface area contributed by atoms with Gasteiger partial charge >= 0.3 is 0 Å². The molecule has 2 N–H and O–H groups in total. The Labute approximate surface area is 70.2 Å². The molecular formula is C7H13F2N3. The lowest BCUT2D eigenvalue weighted by atomic mass is 10.3. The molecule has 70 valence electrons. The standard InChI is InChI=1S/C7H13F2N3/c1-7(8,9)2-3-10-6-11-4-5-12-6/h2-5H2,1H3,(H2,10,11,12). The molecule has 3 nitrogen and oxygen atoms in total. The molecule has 1 aliphatic heterocycles. The first-order valence-corrected chi connectivity index (χ1v) is 3.98. The molecule has 1 heterocycles. The van der Waals surface area contributed by atoms with Crippen molar-refractivity contribution >= 4 is 5.96 Å². The summed E-state index contributed by atoms with van der Waals surface area (Å²) in [6.07, 6.45) is -0.159. The Morgan fingerprint density at radius 3 is 2.92 bits per heavy atom. The van der Waals surface area contributed by atoms with Gasteiger partial charge in [-0.1, -0.05) is 0 Å². The molecule has 1 aliphatic rings. The Hall–Kier alpha value is -0.870. The van der Waals surface area contributed by atoms with Crippen LogP contribution in [0.1, 0.15) is 13.3 Å². The van der Waals surface area contributed by atoms with Crippen LogP contribution in [-0.4, -0.2) is 31.5 Å². The van der Waals surface area contributed by atoms with Crippen molar-refractivity contribution in [2.45, 2.75) is 19.3 Å². The third-order valence-electron chi connectivity index (χ3n) is 1.53. The number of hydrogen-bond acceptors (Lipinski definition) is 3. The van der Waals surface area contributed by atoms with Crippen LogP contribution in [0.5, 0.6) is 0 Å². The number of nitrogens with zero attached hydrogens (tertiary/aromatic N) is 1. The minimum Gasteiger partial charge on any atom is -0.356 e. The van der Waals surface area contributed by atoms with Gasteiger partial charge in [0, 0.05) is 19.5 Å². The van der Waals surface area contributed by atoms with Crippen LogP contribution in [0.25, 0.3) is 0 Å². The number of aliphatic imine (C=N–C) groups is 1. The second-order valence-electron chi connectivity index (χ2n) is 2.90. The summed E-state index contributed by atoms with van der Waals surface area (Å²) >= 11 is 0. The third kappa shape index (κ3) is 3.50. The Kier molecular flexibility index (Phi) is 2.83. The summed E-state index contributed by atoms with van der Waals surface area (Å²) in [5, 5.41) is 5.73. The molecule has 0 saturated heterocycles. The molecule has 0 aromatic carbocycles. The van der Waals surface area contributed by atoms with E-state index >= 15 is 0 Å². The van der Waals surface area contributed by atoms with Crippen molar-refractivity contribution in [1.82, 2.24) is 10.6 Å². The molecule has 0 aromatic rings. The van der Waals surface area contributed by atoms with Crippen molar-refractivity contribution in [2.75, 3.05) is 19.6 Å². The predicted molar refractivity (Wildman–Crippen MR) is 43.5 cm³/mol. The van der Waals surface area contributed by atoms with Crippen molar-refractivity contribution in [3.05, 3.63) is 0 Å². The summed E-state index contributed by atoms with van der Waals surface area (Å²) in [7, 11) is 0. The highest BCUT2D eigenvalue weighted by Gasteiger charge is 2.20. The van der Waals surface area contributed by atoms with E-state index in [1.54, 1.807) is 0 Å². The van der Waals surface area contributed by atoms with E-state index in [9.17, 15) is 8.78 Å². The molecule has 0 spiro atoms. The highest BCUT2D eigenvalue weighted by molar-refractivity contribution is 5.81. The van der Waals surface area contributed by atoms with Gasteiger partial charge in [-0.15, -0.1) is 0 Å². The number of guanidine groups is 1. The summed E-state index contributed by atoms with van der Waals surface area (Å²) < 4.78 is 24.6. The van der Waals surface area contributed by atoms with E-state index in [0.29, 0.717) is 5.96 Å². The molecule has 1 rings (SSSR count). The van der Waals surface area contributed by atoms with Crippen LogP contribution in [0.15, 0.2) is 4.99 Å². The Bertz CT molecular complexity index is 174. The molecule has 5 heteroatoms. The van der Waals surface area contributed by atoms with Crippen molar-refractivity contribution in [3.8, 4) is 0 Å². The molecule has 0 bridgehead atoms. The van der Waals surface area contributed by atoms with E-state index in [0.717, 1.165) is 20.0 Å². The molecule has 0 aliphatic carbocycles. The largest absolute Gasteiger partial charge is 0.356 e.